The van der Waals surface area contributed by atoms with Crippen LogP contribution in [0.3, 0.4) is 0 Å². The quantitative estimate of drug-likeness (QED) is 0.654. The van der Waals surface area contributed by atoms with E-state index in [2.05, 4.69) is 0 Å². The third-order valence-electron chi connectivity index (χ3n) is 2.03. The van der Waals surface area contributed by atoms with Gasteiger partial charge in [0.25, 0.3) is 0 Å². The predicted octanol–water partition coefficient (Wildman–Crippen LogP) is 2.22. The summed E-state index contributed by atoms with van der Waals surface area (Å²) < 4.78 is 12.5. The number of hydrogen-bond acceptors (Lipinski definition) is 1. The SMILES string of the molecule is Oc1ccc(C2CC2F)cc1. The fraction of sp³-hybridized carbons (Fsp3) is 0.333. The van der Waals surface area contributed by atoms with E-state index in [1.807, 2.05) is 0 Å². The van der Waals surface area contributed by atoms with Crippen LogP contribution in [0.5, 0.6) is 5.75 Å². The Kier molecular flexibility index (Phi) is 1.34. The minimum Gasteiger partial charge on any atom is -0.508 e. The molecule has 11 heavy (non-hydrogen) atoms. The number of rotatable bonds is 1. The molecule has 2 unspecified atom stereocenters. The largest absolute Gasteiger partial charge is 0.508 e. The molecule has 0 amide bonds. The predicted molar refractivity (Wildman–Crippen MR) is 40.4 cm³/mol. The van der Waals surface area contributed by atoms with Gasteiger partial charge in [-0.1, -0.05) is 12.1 Å². The summed E-state index contributed by atoms with van der Waals surface area (Å²) in [5.74, 6) is 0.334. The summed E-state index contributed by atoms with van der Waals surface area (Å²) in [5, 5.41) is 8.93. The van der Waals surface area contributed by atoms with Gasteiger partial charge in [-0.25, -0.2) is 4.39 Å². The van der Waals surface area contributed by atoms with Crippen LogP contribution in [0, 0.1) is 0 Å². The Labute approximate surface area is 64.5 Å². The van der Waals surface area contributed by atoms with Crippen molar-refractivity contribution < 1.29 is 9.50 Å². The zero-order valence-electron chi connectivity index (χ0n) is 6.00. The maximum atomic E-state index is 12.5. The van der Waals surface area contributed by atoms with Crippen LogP contribution >= 0.6 is 0 Å². The minimum absolute atomic E-state index is 0.0931. The Bertz CT molecular complexity index is 255. The Morgan fingerprint density at radius 1 is 1.27 bits per heavy atom. The Morgan fingerprint density at radius 3 is 2.27 bits per heavy atom. The van der Waals surface area contributed by atoms with Crippen LogP contribution in [0.2, 0.25) is 0 Å². The van der Waals surface area contributed by atoms with Gasteiger partial charge in [-0.05, 0) is 24.1 Å². The summed E-state index contributed by atoms with van der Waals surface area (Å²) in [4.78, 5) is 0. The van der Waals surface area contributed by atoms with Gasteiger partial charge in [-0.2, -0.15) is 0 Å². The average molecular weight is 152 g/mol. The summed E-state index contributed by atoms with van der Waals surface area (Å²) in [7, 11) is 0. The molecule has 1 saturated carbocycles. The second kappa shape index (κ2) is 2.22. The molecule has 1 aliphatic carbocycles. The highest BCUT2D eigenvalue weighted by Crippen LogP contribution is 2.43. The van der Waals surface area contributed by atoms with Gasteiger partial charge < -0.3 is 5.11 Å². The number of halogens is 1. The lowest BCUT2D eigenvalue weighted by atomic mass is 10.1. The van der Waals surface area contributed by atoms with Crippen LogP contribution in [-0.2, 0) is 0 Å². The smallest absolute Gasteiger partial charge is 0.115 e. The summed E-state index contributed by atoms with van der Waals surface area (Å²) in [6, 6.07) is 6.75. The molecule has 1 aromatic rings. The monoisotopic (exact) mass is 152 g/mol. The lowest BCUT2D eigenvalue weighted by Gasteiger charge is -1.96. The molecule has 2 atom stereocenters. The van der Waals surface area contributed by atoms with Crippen molar-refractivity contribution in [3.05, 3.63) is 29.8 Å². The first-order valence-corrected chi connectivity index (χ1v) is 3.70. The fourth-order valence-corrected chi connectivity index (χ4v) is 1.23. The van der Waals surface area contributed by atoms with Crippen molar-refractivity contribution in [3.63, 3.8) is 0 Å². The van der Waals surface area contributed by atoms with Gasteiger partial charge >= 0.3 is 0 Å². The van der Waals surface area contributed by atoms with Crippen molar-refractivity contribution in [2.45, 2.75) is 18.5 Å². The first-order chi connectivity index (χ1) is 5.27. The molecular weight excluding hydrogens is 143 g/mol. The number of alkyl halides is 1. The molecule has 0 radical (unpaired) electrons. The summed E-state index contributed by atoms with van der Waals surface area (Å²) in [6.07, 6.45) is -0.00957. The lowest BCUT2D eigenvalue weighted by Crippen LogP contribution is -1.80. The van der Waals surface area contributed by atoms with Crippen molar-refractivity contribution >= 4 is 0 Å². The Hall–Kier alpha value is -1.05. The third-order valence-corrected chi connectivity index (χ3v) is 2.03. The van der Waals surface area contributed by atoms with Gasteiger partial charge in [0.2, 0.25) is 0 Å². The molecular formula is C9H9FO. The third kappa shape index (κ3) is 1.20. The highest BCUT2D eigenvalue weighted by Gasteiger charge is 2.38. The van der Waals surface area contributed by atoms with Crippen molar-refractivity contribution in [1.29, 1.82) is 0 Å². The van der Waals surface area contributed by atoms with Crippen LogP contribution in [0.15, 0.2) is 24.3 Å². The van der Waals surface area contributed by atoms with Crippen LogP contribution < -0.4 is 0 Å². The molecule has 2 rings (SSSR count). The second-order valence-corrected chi connectivity index (χ2v) is 2.95. The first-order valence-electron chi connectivity index (χ1n) is 3.70. The number of hydrogen-bond donors (Lipinski definition) is 1. The van der Waals surface area contributed by atoms with Gasteiger partial charge in [0.1, 0.15) is 11.9 Å². The van der Waals surface area contributed by atoms with Crippen molar-refractivity contribution in [1.82, 2.24) is 0 Å². The van der Waals surface area contributed by atoms with E-state index >= 15 is 0 Å². The van der Waals surface area contributed by atoms with Crippen LogP contribution in [0.4, 0.5) is 4.39 Å². The zero-order valence-corrected chi connectivity index (χ0v) is 6.00. The van der Waals surface area contributed by atoms with Gasteiger partial charge in [0, 0.05) is 5.92 Å². The molecule has 0 saturated heterocycles. The molecule has 2 heteroatoms. The Morgan fingerprint density at radius 2 is 1.82 bits per heavy atom. The van der Waals surface area contributed by atoms with E-state index in [0.29, 0.717) is 6.42 Å². The number of phenolic OH excluding ortho intramolecular Hbond substituents is 1. The lowest BCUT2D eigenvalue weighted by molar-refractivity contribution is 0.466. The molecule has 0 bridgehead atoms. The molecule has 1 fully saturated rings. The van der Waals surface area contributed by atoms with Gasteiger partial charge in [-0.15, -0.1) is 0 Å². The van der Waals surface area contributed by atoms with E-state index in [9.17, 15) is 4.39 Å². The summed E-state index contributed by atoms with van der Waals surface area (Å²) >= 11 is 0. The maximum absolute atomic E-state index is 12.5. The van der Waals surface area contributed by atoms with E-state index in [4.69, 9.17) is 5.11 Å². The van der Waals surface area contributed by atoms with E-state index in [0.717, 1.165) is 5.56 Å². The minimum atomic E-state index is -0.653. The Balaban J connectivity index is 2.21. The molecule has 1 nitrogen and oxygen atoms in total. The van der Waals surface area contributed by atoms with E-state index in [1.165, 1.54) is 0 Å². The van der Waals surface area contributed by atoms with Crippen LogP contribution in [0.1, 0.15) is 17.9 Å². The number of benzene rings is 1. The zero-order chi connectivity index (χ0) is 7.84. The normalized spacial score (nSPS) is 28.5. The summed E-state index contributed by atoms with van der Waals surface area (Å²) in [5.41, 5.74) is 0.996. The first kappa shape index (κ1) is 6.65. The topological polar surface area (TPSA) is 20.2 Å². The van der Waals surface area contributed by atoms with E-state index in [-0.39, 0.29) is 11.7 Å². The van der Waals surface area contributed by atoms with Gasteiger partial charge in [-0.3, -0.25) is 0 Å². The highest BCUT2D eigenvalue weighted by atomic mass is 19.1. The van der Waals surface area contributed by atoms with Crippen LogP contribution in [-0.4, -0.2) is 11.3 Å². The fourth-order valence-electron chi connectivity index (χ4n) is 1.23. The molecule has 1 aliphatic rings. The molecule has 0 aliphatic heterocycles. The van der Waals surface area contributed by atoms with Crippen LogP contribution in [0.25, 0.3) is 0 Å². The highest BCUT2D eigenvalue weighted by molar-refractivity contribution is 5.32. The van der Waals surface area contributed by atoms with Gasteiger partial charge in [0.15, 0.2) is 0 Å². The van der Waals surface area contributed by atoms with Crippen molar-refractivity contribution in [2.75, 3.05) is 0 Å². The van der Waals surface area contributed by atoms with E-state index < -0.39 is 6.17 Å². The average Bonchev–Trinajstić information content (AvgIpc) is 2.69. The van der Waals surface area contributed by atoms with Crippen molar-refractivity contribution in [2.24, 2.45) is 0 Å². The standard InChI is InChI=1S/C9H9FO/c10-9-5-8(9)6-1-3-7(11)4-2-6/h1-4,8-9,11H,5H2. The maximum Gasteiger partial charge on any atom is 0.115 e. The number of phenols is 1. The van der Waals surface area contributed by atoms with Crippen molar-refractivity contribution in [3.8, 4) is 5.75 Å². The molecule has 0 aromatic heterocycles. The molecule has 1 N–H and O–H groups in total. The molecule has 58 valence electrons. The second-order valence-electron chi connectivity index (χ2n) is 2.95. The van der Waals surface area contributed by atoms with Gasteiger partial charge in [0.05, 0.1) is 0 Å². The molecule has 1 aromatic carbocycles. The molecule has 0 spiro atoms. The summed E-state index contributed by atoms with van der Waals surface area (Å²) in [6.45, 7) is 0. The molecule has 0 heterocycles. The van der Waals surface area contributed by atoms with E-state index in [1.54, 1.807) is 24.3 Å². The number of aromatic hydroxyl groups is 1.